The minimum absolute atomic E-state index is 0.197. The van der Waals surface area contributed by atoms with E-state index in [0.29, 0.717) is 0 Å². The lowest BCUT2D eigenvalue weighted by atomic mass is 9.81. The Labute approximate surface area is 119 Å². The van der Waals surface area contributed by atoms with Crippen molar-refractivity contribution in [3.05, 3.63) is 0 Å². The van der Waals surface area contributed by atoms with E-state index in [-0.39, 0.29) is 23.3 Å². The first-order valence-electron chi connectivity index (χ1n) is 8.08. The number of nitrogens with one attached hydrogen (secondary N) is 1. The molecule has 1 fully saturated rings. The summed E-state index contributed by atoms with van der Waals surface area (Å²) in [6, 6.07) is 0.251. The number of carbonyl (C=O) groups excluding carboxylic acids is 1. The van der Waals surface area contributed by atoms with Crippen LogP contribution in [0.1, 0.15) is 79.6 Å². The fraction of sp³-hybridized carbons (Fsp3) is 0.941. The summed E-state index contributed by atoms with van der Waals surface area (Å²) in [5, 5.41) is 3.10. The highest BCUT2D eigenvalue weighted by atomic mass is 16.1. The van der Waals surface area contributed by atoms with Crippen molar-refractivity contribution in [1.82, 2.24) is 5.32 Å². The summed E-state index contributed by atoms with van der Waals surface area (Å²) >= 11 is 0. The molecule has 1 amide bonds. The second kappa shape index (κ2) is 7.31. The smallest absolute Gasteiger partial charge is 0.223 e. The third-order valence-electron chi connectivity index (χ3n) is 4.06. The van der Waals surface area contributed by atoms with Crippen LogP contribution in [0.2, 0.25) is 0 Å². The molecular formula is C17H33NO. The molecule has 1 aliphatic rings. The average molecular weight is 267 g/mol. The summed E-state index contributed by atoms with van der Waals surface area (Å²) in [5.41, 5.74) is 0.231. The highest BCUT2D eigenvalue weighted by Crippen LogP contribution is 2.33. The van der Waals surface area contributed by atoms with Crippen LogP contribution in [0.4, 0.5) is 0 Å². The Morgan fingerprint density at radius 3 is 2.26 bits per heavy atom. The lowest BCUT2D eigenvalue weighted by molar-refractivity contribution is -0.126. The van der Waals surface area contributed by atoms with E-state index < -0.39 is 0 Å². The van der Waals surface area contributed by atoms with Crippen LogP contribution in [0.5, 0.6) is 0 Å². The first-order valence-corrected chi connectivity index (χ1v) is 8.08. The van der Waals surface area contributed by atoms with E-state index in [4.69, 9.17) is 0 Å². The topological polar surface area (TPSA) is 29.1 Å². The van der Waals surface area contributed by atoms with Gasteiger partial charge in [-0.3, -0.25) is 4.79 Å². The van der Waals surface area contributed by atoms with Gasteiger partial charge in [-0.25, -0.2) is 0 Å². The predicted molar refractivity (Wildman–Crippen MR) is 82.0 cm³/mol. The van der Waals surface area contributed by atoms with E-state index >= 15 is 0 Å². The molecule has 0 aromatic heterocycles. The Balaban J connectivity index is 2.49. The maximum Gasteiger partial charge on any atom is 0.223 e. The second-order valence-electron chi connectivity index (χ2n) is 7.85. The van der Waals surface area contributed by atoms with Crippen LogP contribution in [0.15, 0.2) is 0 Å². The van der Waals surface area contributed by atoms with Crippen LogP contribution in [0, 0.1) is 17.3 Å². The Hall–Kier alpha value is -0.530. The lowest BCUT2D eigenvalue weighted by Crippen LogP contribution is -2.37. The highest BCUT2D eigenvalue weighted by Gasteiger charge is 2.26. The molecule has 1 aliphatic carbocycles. The zero-order valence-electron chi connectivity index (χ0n) is 13.6. The molecule has 2 heteroatoms. The molecule has 2 nitrogen and oxygen atoms in total. The number of rotatable bonds is 6. The van der Waals surface area contributed by atoms with E-state index in [0.717, 1.165) is 18.8 Å². The van der Waals surface area contributed by atoms with Crippen LogP contribution >= 0.6 is 0 Å². The van der Waals surface area contributed by atoms with Crippen molar-refractivity contribution < 1.29 is 4.79 Å². The molecule has 19 heavy (non-hydrogen) atoms. The molecule has 1 rings (SSSR count). The molecule has 0 saturated heterocycles. The maximum absolute atomic E-state index is 12.3. The van der Waals surface area contributed by atoms with Crippen molar-refractivity contribution in [2.24, 2.45) is 17.3 Å². The normalized spacial score (nSPS) is 18.8. The van der Waals surface area contributed by atoms with Gasteiger partial charge in [-0.2, -0.15) is 0 Å². The highest BCUT2D eigenvalue weighted by molar-refractivity contribution is 5.78. The number of carbonyl (C=O) groups is 1. The summed E-state index contributed by atoms with van der Waals surface area (Å²) in [7, 11) is 0. The van der Waals surface area contributed by atoms with Crippen molar-refractivity contribution in [2.75, 3.05) is 0 Å². The number of hydrogen-bond donors (Lipinski definition) is 1. The molecule has 0 aliphatic heterocycles. The van der Waals surface area contributed by atoms with Gasteiger partial charge in [-0.05, 0) is 44.4 Å². The molecule has 1 atom stereocenters. The van der Waals surface area contributed by atoms with Crippen molar-refractivity contribution in [2.45, 2.75) is 85.6 Å². The molecule has 0 radical (unpaired) electrons. The zero-order chi connectivity index (χ0) is 14.5. The van der Waals surface area contributed by atoms with Gasteiger partial charge in [0.1, 0.15) is 0 Å². The largest absolute Gasteiger partial charge is 0.354 e. The van der Waals surface area contributed by atoms with Gasteiger partial charge >= 0.3 is 0 Å². The molecule has 1 saturated carbocycles. The average Bonchev–Trinajstić information content (AvgIpc) is 2.74. The van der Waals surface area contributed by atoms with Gasteiger partial charge in [0.15, 0.2) is 0 Å². The van der Waals surface area contributed by atoms with Crippen LogP contribution in [0.25, 0.3) is 0 Å². The summed E-state index contributed by atoms with van der Waals surface area (Å²) in [5.74, 6) is 1.35. The number of amides is 1. The Morgan fingerprint density at radius 1 is 1.21 bits per heavy atom. The van der Waals surface area contributed by atoms with Gasteiger partial charge in [0, 0.05) is 12.0 Å². The molecule has 0 aromatic rings. The summed E-state index contributed by atoms with van der Waals surface area (Å²) in [6.45, 7) is 10.8. The van der Waals surface area contributed by atoms with E-state index in [9.17, 15) is 4.79 Å². The molecule has 112 valence electrons. The fourth-order valence-corrected chi connectivity index (χ4v) is 3.20. The van der Waals surface area contributed by atoms with Crippen LogP contribution < -0.4 is 5.32 Å². The molecule has 0 spiro atoms. The van der Waals surface area contributed by atoms with Crippen molar-refractivity contribution >= 4 is 5.91 Å². The van der Waals surface area contributed by atoms with E-state index in [1.54, 1.807) is 0 Å². The maximum atomic E-state index is 12.3. The van der Waals surface area contributed by atoms with E-state index in [1.807, 2.05) is 13.8 Å². The van der Waals surface area contributed by atoms with Gasteiger partial charge in [0.05, 0.1) is 0 Å². The Morgan fingerprint density at radius 2 is 1.79 bits per heavy atom. The molecule has 1 unspecified atom stereocenters. The van der Waals surface area contributed by atoms with E-state index in [1.165, 1.54) is 32.1 Å². The molecular weight excluding hydrogens is 234 g/mol. The summed E-state index contributed by atoms with van der Waals surface area (Å²) in [4.78, 5) is 12.3. The van der Waals surface area contributed by atoms with Crippen LogP contribution in [0.3, 0.4) is 0 Å². The minimum atomic E-state index is 0.197. The monoisotopic (exact) mass is 267 g/mol. The van der Waals surface area contributed by atoms with Gasteiger partial charge < -0.3 is 5.32 Å². The van der Waals surface area contributed by atoms with Crippen molar-refractivity contribution in [3.63, 3.8) is 0 Å². The van der Waals surface area contributed by atoms with Crippen LogP contribution in [-0.2, 0) is 4.79 Å². The van der Waals surface area contributed by atoms with Crippen LogP contribution in [-0.4, -0.2) is 11.9 Å². The Bertz CT molecular complexity index is 271. The SMILES string of the molecule is CC(C)NC(=O)C(CCC1CCCC1)CC(C)(C)C. The van der Waals surface area contributed by atoms with Gasteiger partial charge in [-0.15, -0.1) is 0 Å². The van der Waals surface area contributed by atoms with Gasteiger partial charge in [0.2, 0.25) is 5.91 Å². The fourth-order valence-electron chi connectivity index (χ4n) is 3.20. The second-order valence-corrected chi connectivity index (χ2v) is 7.85. The quantitative estimate of drug-likeness (QED) is 0.752. The van der Waals surface area contributed by atoms with Crippen molar-refractivity contribution in [1.29, 1.82) is 0 Å². The predicted octanol–water partition coefficient (Wildman–Crippen LogP) is 4.53. The standard InChI is InChI=1S/C17H33NO/c1-13(2)18-16(19)15(12-17(3,4)5)11-10-14-8-6-7-9-14/h13-15H,6-12H2,1-5H3,(H,18,19). The molecule has 1 N–H and O–H groups in total. The third-order valence-corrected chi connectivity index (χ3v) is 4.06. The first-order chi connectivity index (χ1) is 8.78. The minimum Gasteiger partial charge on any atom is -0.354 e. The summed E-state index contributed by atoms with van der Waals surface area (Å²) < 4.78 is 0. The van der Waals surface area contributed by atoms with Crippen molar-refractivity contribution in [3.8, 4) is 0 Å². The number of hydrogen-bond acceptors (Lipinski definition) is 1. The molecule has 0 bridgehead atoms. The molecule has 0 aromatic carbocycles. The third kappa shape index (κ3) is 6.98. The lowest BCUT2D eigenvalue weighted by Gasteiger charge is -2.27. The zero-order valence-corrected chi connectivity index (χ0v) is 13.6. The molecule has 0 heterocycles. The van der Waals surface area contributed by atoms with Gasteiger partial charge in [-0.1, -0.05) is 46.5 Å². The van der Waals surface area contributed by atoms with Gasteiger partial charge in [0.25, 0.3) is 0 Å². The Kier molecular flexibility index (Phi) is 6.35. The first kappa shape index (κ1) is 16.5. The summed E-state index contributed by atoms with van der Waals surface area (Å²) in [6.07, 6.45) is 8.87. The van der Waals surface area contributed by atoms with E-state index in [2.05, 4.69) is 26.1 Å².